The van der Waals surface area contributed by atoms with Crippen molar-refractivity contribution >= 4 is 0 Å². The molecule has 4 heteroatoms. The Hall–Kier alpha value is -2.07. The fourth-order valence-electron chi connectivity index (χ4n) is 2.18. The molecule has 21 heavy (non-hydrogen) atoms. The van der Waals surface area contributed by atoms with E-state index < -0.39 is 0 Å². The third-order valence-electron chi connectivity index (χ3n) is 3.47. The van der Waals surface area contributed by atoms with Crippen LogP contribution in [-0.2, 0) is 0 Å². The maximum Gasteiger partial charge on any atom is 0.162 e. The van der Waals surface area contributed by atoms with Gasteiger partial charge >= 0.3 is 0 Å². The topological polar surface area (TPSA) is 57.4 Å². The summed E-state index contributed by atoms with van der Waals surface area (Å²) in [6, 6.07) is 9.64. The van der Waals surface area contributed by atoms with E-state index in [0.717, 1.165) is 23.3 Å². The Kier molecular flexibility index (Phi) is 5.17. The second kappa shape index (κ2) is 7.09. The summed E-state index contributed by atoms with van der Waals surface area (Å²) in [5.41, 5.74) is 8.37. The zero-order chi connectivity index (χ0) is 15.2. The fraction of sp³-hybridized carbons (Fsp3) is 0.353. The molecule has 4 nitrogen and oxygen atoms in total. The number of benzene rings is 1. The van der Waals surface area contributed by atoms with Crippen LogP contribution in [0.3, 0.4) is 0 Å². The lowest BCUT2D eigenvalue weighted by molar-refractivity contribution is 0.164. The van der Waals surface area contributed by atoms with Gasteiger partial charge in [-0.15, -0.1) is 0 Å². The van der Waals surface area contributed by atoms with E-state index >= 15 is 0 Å². The molecule has 112 valence electrons. The van der Waals surface area contributed by atoms with Gasteiger partial charge in [0.05, 0.1) is 7.11 Å². The summed E-state index contributed by atoms with van der Waals surface area (Å²) in [6.45, 7) is 4.07. The van der Waals surface area contributed by atoms with Gasteiger partial charge in [-0.05, 0) is 48.7 Å². The Morgan fingerprint density at radius 2 is 1.86 bits per heavy atom. The number of hydrogen-bond donors (Lipinski definition) is 1. The van der Waals surface area contributed by atoms with Crippen molar-refractivity contribution in [2.24, 2.45) is 5.73 Å². The van der Waals surface area contributed by atoms with Crippen molar-refractivity contribution in [2.75, 3.05) is 7.11 Å². The highest BCUT2D eigenvalue weighted by atomic mass is 16.5. The first-order chi connectivity index (χ1) is 10.2. The Morgan fingerprint density at radius 3 is 2.48 bits per heavy atom. The van der Waals surface area contributed by atoms with E-state index in [0.29, 0.717) is 5.75 Å². The molecule has 1 aromatic carbocycles. The first-order valence-electron chi connectivity index (χ1n) is 7.12. The van der Waals surface area contributed by atoms with E-state index in [2.05, 4.69) is 11.9 Å². The summed E-state index contributed by atoms with van der Waals surface area (Å²) >= 11 is 0. The molecule has 2 unspecified atom stereocenters. The lowest BCUT2D eigenvalue weighted by Crippen LogP contribution is -2.31. The Balaban J connectivity index is 2.32. The van der Waals surface area contributed by atoms with Crippen LogP contribution in [0.25, 0.3) is 0 Å². The quantitative estimate of drug-likeness (QED) is 0.885. The van der Waals surface area contributed by atoms with Crippen molar-refractivity contribution in [3.63, 3.8) is 0 Å². The average Bonchev–Trinajstić information content (AvgIpc) is 2.53. The fourth-order valence-corrected chi connectivity index (χ4v) is 2.18. The lowest BCUT2D eigenvalue weighted by Gasteiger charge is -2.25. The van der Waals surface area contributed by atoms with Crippen LogP contribution in [0.2, 0.25) is 0 Å². The second-order valence-corrected chi connectivity index (χ2v) is 5.05. The highest BCUT2D eigenvalue weighted by Crippen LogP contribution is 2.33. The van der Waals surface area contributed by atoms with E-state index in [1.807, 2.05) is 37.3 Å². The summed E-state index contributed by atoms with van der Waals surface area (Å²) in [6.07, 6.45) is 4.09. The van der Waals surface area contributed by atoms with Gasteiger partial charge in [0, 0.05) is 18.4 Å². The second-order valence-electron chi connectivity index (χ2n) is 5.05. The van der Waals surface area contributed by atoms with Crippen LogP contribution in [0.1, 0.15) is 30.6 Å². The third-order valence-corrected chi connectivity index (χ3v) is 3.47. The molecule has 0 saturated carbocycles. The molecule has 0 radical (unpaired) electrons. The molecule has 2 rings (SSSR count). The van der Waals surface area contributed by atoms with Crippen LogP contribution in [-0.4, -0.2) is 18.1 Å². The Morgan fingerprint density at radius 1 is 1.14 bits per heavy atom. The number of pyridine rings is 1. The van der Waals surface area contributed by atoms with Crippen molar-refractivity contribution in [1.82, 2.24) is 4.98 Å². The highest BCUT2D eigenvalue weighted by Gasteiger charge is 2.22. The van der Waals surface area contributed by atoms with Crippen LogP contribution >= 0.6 is 0 Å². The van der Waals surface area contributed by atoms with E-state index in [1.165, 1.54) is 0 Å². The van der Waals surface area contributed by atoms with Gasteiger partial charge in [-0.1, -0.05) is 13.0 Å². The molecular weight excluding hydrogens is 264 g/mol. The normalized spacial score (nSPS) is 13.5. The molecule has 0 aliphatic carbocycles. The molecule has 0 aliphatic heterocycles. The molecule has 0 spiro atoms. The number of nitrogens with two attached hydrogens (primary N) is 1. The summed E-state index contributed by atoms with van der Waals surface area (Å²) in [7, 11) is 1.64. The highest BCUT2D eigenvalue weighted by molar-refractivity contribution is 5.43. The number of methoxy groups -OCH3 is 1. The molecule has 0 amide bonds. The van der Waals surface area contributed by atoms with E-state index in [4.69, 9.17) is 15.2 Å². The van der Waals surface area contributed by atoms with Gasteiger partial charge in [-0.3, -0.25) is 4.98 Å². The third kappa shape index (κ3) is 3.73. The molecule has 2 atom stereocenters. The first-order valence-corrected chi connectivity index (χ1v) is 7.12. The van der Waals surface area contributed by atoms with Gasteiger partial charge in [-0.2, -0.15) is 0 Å². The van der Waals surface area contributed by atoms with Gasteiger partial charge < -0.3 is 15.2 Å². The molecule has 1 heterocycles. The van der Waals surface area contributed by atoms with Crippen molar-refractivity contribution in [3.05, 3.63) is 53.9 Å². The SMILES string of the molecule is CCC(N)C(Oc1ccc(C)cc1OC)c1ccncc1. The minimum absolute atomic E-state index is 0.0987. The van der Waals surface area contributed by atoms with Crippen molar-refractivity contribution < 1.29 is 9.47 Å². The molecule has 0 fully saturated rings. The van der Waals surface area contributed by atoms with Gasteiger partial charge in [0.15, 0.2) is 11.5 Å². The summed E-state index contributed by atoms with van der Waals surface area (Å²) < 4.78 is 11.6. The summed E-state index contributed by atoms with van der Waals surface area (Å²) in [4.78, 5) is 4.04. The Labute approximate surface area is 125 Å². The van der Waals surface area contributed by atoms with Gasteiger partial charge in [0.2, 0.25) is 0 Å². The molecule has 2 N–H and O–H groups in total. The number of rotatable bonds is 6. The van der Waals surface area contributed by atoms with Crippen LogP contribution in [0.15, 0.2) is 42.7 Å². The molecule has 0 aliphatic rings. The predicted octanol–water partition coefficient (Wildman–Crippen LogP) is 3.26. The lowest BCUT2D eigenvalue weighted by atomic mass is 10.0. The monoisotopic (exact) mass is 286 g/mol. The first kappa shape index (κ1) is 15.3. The van der Waals surface area contributed by atoms with Gasteiger partial charge in [-0.25, -0.2) is 0 Å². The number of aromatic nitrogens is 1. The number of aryl methyl sites for hydroxylation is 1. The minimum atomic E-state index is -0.227. The summed E-state index contributed by atoms with van der Waals surface area (Å²) in [5, 5.41) is 0. The van der Waals surface area contributed by atoms with Gasteiger partial charge in [0.1, 0.15) is 6.10 Å². The molecule has 0 saturated heterocycles. The van der Waals surface area contributed by atoms with Crippen molar-refractivity contribution in [3.8, 4) is 11.5 Å². The molecule has 0 bridgehead atoms. The van der Waals surface area contributed by atoms with Crippen LogP contribution in [0.5, 0.6) is 11.5 Å². The van der Waals surface area contributed by atoms with Crippen molar-refractivity contribution in [1.29, 1.82) is 0 Å². The number of nitrogens with zero attached hydrogens (tertiary/aromatic N) is 1. The van der Waals surface area contributed by atoms with Crippen LogP contribution in [0.4, 0.5) is 0 Å². The minimum Gasteiger partial charge on any atom is -0.493 e. The number of ether oxygens (including phenoxy) is 2. The van der Waals surface area contributed by atoms with Gasteiger partial charge in [0.25, 0.3) is 0 Å². The van der Waals surface area contributed by atoms with Crippen LogP contribution < -0.4 is 15.2 Å². The molecular formula is C17H22N2O2. The maximum atomic E-state index is 6.23. The number of hydrogen-bond acceptors (Lipinski definition) is 4. The smallest absolute Gasteiger partial charge is 0.162 e. The average molecular weight is 286 g/mol. The molecule has 1 aromatic heterocycles. The largest absolute Gasteiger partial charge is 0.493 e. The zero-order valence-corrected chi connectivity index (χ0v) is 12.7. The molecule has 2 aromatic rings. The zero-order valence-electron chi connectivity index (χ0n) is 12.7. The van der Waals surface area contributed by atoms with E-state index in [1.54, 1.807) is 19.5 Å². The van der Waals surface area contributed by atoms with Crippen molar-refractivity contribution in [2.45, 2.75) is 32.4 Å². The maximum absolute atomic E-state index is 6.23. The van der Waals surface area contributed by atoms with Crippen LogP contribution in [0, 0.1) is 6.92 Å². The van der Waals surface area contributed by atoms with E-state index in [-0.39, 0.29) is 12.1 Å². The Bertz CT molecular complexity index is 572. The predicted molar refractivity (Wildman–Crippen MR) is 83.6 cm³/mol. The van der Waals surface area contributed by atoms with E-state index in [9.17, 15) is 0 Å². The summed E-state index contributed by atoms with van der Waals surface area (Å²) in [5.74, 6) is 1.42. The standard InChI is InChI=1S/C17H22N2O2/c1-4-14(18)17(13-7-9-19-10-8-13)21-15-6-5-12(2)11-16(15)20-3/h5-11,14,17H,4,18H2,1-3H3.